The molecular weight excluding hydrogens is 499 g/mol. The largest absolute Gasteiger partial charge is 0.496 e. The molecule has 0 fully saturated rings. The van der Waals surface area contributed by atoms with E-state index in [4.69, 9.17) is 18.5 Å². The summed E-state index contributed by atoms with van der Waals surface area (Å²) in [5.74, 6) is 2.46. The lowest BCUT2D eigenvalue weighted by Gasteiger charge is -2.17. The van der Waals surface area contributed by atoms with Crippen LogP contribution in [0.4, 0.5) is 0 Å². The Bertz CT molecular complexity index is 823. The maximum atomic E-state index is 12.4. The fraction of sp³-hybridized carbons (Fsp3) is 0.368. The van der Waals surface area contributed by atoms with E-state index < -0.39 is 7.60 Å². The van der Waals surface area contributed by atoms with Crippen molar-refractivity contribution in [3.05, 3.63) is 50.4 Å². The Balaban J connectivity index is 2.33. The van der Waals surface area contributed by atoms with Gasteiger partial charge in [-0.05, 0) is 73.7 Å². The van der Waals surface area contributed by atoms with Crippen LogP contribution in [-0.4, -0.2) is 21.3 Å². The lowest BCUT2D eigenvalue weighted by molar-refractivity contribution is 0.275. The van der Waals surface area contributed by atoms with Gasteiger partial charge in [0.15, 0.2) is 5.75 Å². The third-order valence-corrected chi connectivity index (χ3v) is 7.08. The topological polar surface area (TPSA) is 54.0 Å². The first-order chi connectivity index (χ1) is 12.7. The highest BCUT2D eigenvalue weighted by Crippen LogP contribution is 2.51. The van der Waals surface area contributed by atoms with Gasteiger partial charge in [-0.3, -0.25) is 4.57 Å². The number of ether oxygens (including phenoxy) is 2. The smallest absolute Gasteiger partial charge is 0.334 e. The number of hydrogen-bond acceptors (Lipinski definition) is 5. The minimum atomic E-state index is -3.15. The predicted molar refractivity (Wildman–Crippen MR) is 114 cm³/mol. The molecule has 27 heavy (non-hydrogen) atoms. The van der Waals surface area contributed by atoms with Crippen LogP contribution in [0.15, 0.2) is 39.3 Å². The van der Waals surface area contributed by atoms with E-state index >= 15 is 0 Å². The Kier molecular flexibility index (Phi) is 7.95. The lowest BCUT2D eigenvalue weighted by Crippen LogP contribution is -1.97. The molecule has 0 saturated carbocycles. The van der Waals surface area contributed by atoms with Crippen LogP contribution in [0.3, 0.4) is 0 Å². The molecule has 0 bridgehead atoms. The van der Waals surface area contributed by atoms with Crippen molar-refractivity contribution in [1.29, 1.82) is 0 Å². The lowest BCUT2D eigenvalue weighted by atomic mass is 10.0. The van der Waals surface area contributed by atoms with E-state index in [0.717, 1.165) is 25.8 Å². The molecule has 0 unspecified atom stereocenters. The molecule has 5 nitrogen and oxygen atoms in total. The Morgan fingerprint density at radius 2 is 1.59 bits per heavy atom. The van der Waals surface area contributed by atoms with Crippen LogP contribution in [0, 0.1) is 0 Å². The molecule has 0 saturated heterocycles. The summed E-state index contributed by atoms with van der Waals surface area (Å²) < 4.78 is 35.4. The van der Waals surface area contributed by atoms with E-state index in [0.29, 0.717) is 17.4 Å². The summed E-state index contributed by atoms with van der Waals surface area (Å²) in [6.07, 6.45) is 0.164. The van der Waals surface area contributed by atoms with Crippen molar-refractivity contribution in [3.8, 4) is 17.2 Å². The Hall–Kier alpha value is -0.850. The first kappa shape index (κ1) is 22.4. The van der Waals surface area contributed by atoms with Crippen LogP contribution in [-0.2, 0) is 19.8 Å². The maximum absolute atomic E-state index is 12.4. The van der Waals surface area contributed by atoms with E-state index in [2.05, 4.69) is 45.7 Å². The summed E-state index contributed by atoms with van der Waals surface area (Å²) in [7, 11) is 1.27. The third-order valence-electron chi connectivity index (χ3n) is 4.03. The quantitative estimate of drug-likeness (QED) is 0.346. The highest BCUT2D eigenvalue weighted by Gasteiger charge is 2.23. The molecule has 0 aliphatic heterocycles. The molecule has 2 aromatic rings. The van der Waals surface area contributed by atoms with E-state index in [1.54, 1.807) is 7.11 Å². The fourth-order valence-electron chi connectivity index (χ4n) is 2.57. The maximum Gasteiger partial charge on any atom is 0.334 e. The van der Waals surface area contributed by atoms with Crippen LogP contribution < -0.4 is 9.47 Å². The number of halogens is 2. The first-order valence-electron chi connectivity index (χ1n) is 8.27. The molecule has 0 N–H and O–H groups in total. The summed E-state index contributed by atoms with van der Waals surface area (Å²) in [5, 5.41) is 0. The van der Waals surface area contributed by atoms with E-state index in [9.17, 15) is 4.57 Å². The molecule has 0 atom stereocenters. The van der Waals surface area contributed by atoms with Crippen molar-refractivity contribution < 1.29 is 23.1 Å². The average molecular weight is 522 g/mol. The van der Waals surface area contributed by atoms with Crippen LogP contribution in [0.25, 0.3) is 0 Å². The zero-order valence-corrected chi connectivity index (χ0v) is 20.0. The third kappa shape index (κ3) is 5.58. The second-order valence-corrected chi connectivity index (χ2v) is 10.2. The summed E-state index contributed by atoms with van der Waals surface area (Å²) in [5.41, 5.74) is 1.87. The van der Waals surface area contributed by atoms with Gasteiger partial charge in [0, 0.05) is 19.8 Å². The Morgan fingerprint density at radius 3 is 2.07 bits per heavy atom. The number of hydrogen-bond donors (Lipinski definition) is 0. The molecule has 0 spiro atoms. The van der Waals surface area contributed by atoms with Gasteiger partial charge in [-0.2, -0.15) is 0 Å². The van der Waals surface area contributed by atoms with E-state index in [-0.39, 0.29) is 6.16 Å². The molecule has 0 aromatic heterocycles. The van der Waals surface area contributed by atoms with Crippen molar-refractivity contribution in [2.75, 3.05) is 21.3 Å². The van der Waals surface area contributed by atoms with Gasteiger partial charge < -0.3 is 18.5 Å². The molecule has 0 aliphatic rings. The second-order valence-electron chi connectivity index (χ2n) is 6.18. The van der Waals surface area contributed by atoms with Gasteiger partial charge in [-0.15, -0.1) is 0 Å². The SMILES string of the molecule is COc1ccc(Oc2c(Br)cc(CP(=O)(OC)OC)cc2Br)cc1C(C)C. The van der Waals surface area contributed by atoms with Crippen LogP contribution in [0.5, 0.6) is 17.2 Å². The van der Waals surface area contributed by atoms with Crippen molar-refractivity contribution in [2.24, 2.45) is 0 Å². The average Bonchev–Trinajstić information content (AvgIpc) is 2.64. The summed E-state index contributed by atoms with van der Waals surface area (Å²) in [6, 6.07) is 9.42. The summed E-state index contributed by atoms with van der Waals surface area (Å²) >= 11 is 7.06. The summed E-state index contributed by atoms with van der Waals surface area (Å²) in [4.78, 5) is 0. The number of benzene rings is 2. The number of methoxy groups -OCH3 is 1. The first-order valence-corrected chi connectivity index (χ1v) is 11.6. The van der Waals surface area contributed by atoms with Gasteiger partial charge >= 0.3 is 7.60 Å². The van der Waals surface area contributed by atoms with Crippen LogP contribution >= 0.6 is 39.5 Å². The monoisotopic (exact) mass is 520 g/mol. The molecule has 2 rings (SSSR count). The zero-order chi connectivity index (χ0) is 20.2. The van der Waals surface area contributed by atoms with Crippen molar-refractivity contribution >= 4 is 39.5 Å². The van der Waals surface area contributed by atoms with Crippen LogP contribution in [0.2, 0.25) is 0 Å². The molecule has 148 valence electrons. The second kappa shape index (κ2) is 9.57. The van der Waals surface area contributed by atoms with Gasteiger partial charge in [-0.25, -0.2) is 0 Å². The van der Waals surface area contributed by atoms with Crippen molar-refractivity contribution in [2.45, 2.75) is 25.9 Å². The van der Waals surface area contributed by atoms with Gasteiger partial charge in [-0.1, -0.05) is 13.8 Å². The Labute approximate surface area is 177 Å². The molecule has 0 aliphatic carbocycles. The normalized spacial score (nSPS) is 11.7. The highest BCUT2D eigenvalue weighted by molar-refractivity contribution is 9.11. The minimum Gasteiger partial charge on any atom is -0.496 e. The zero-order valence-electron chi connectivity index (χ0n) is 15.9. The van der Waals surface area contributed by atoms with Gasteiger partial charge in [0.1, 0.15) is 11.5 Å². The van der Waals surface area contributed by atoms with E-state index in [1.807, 2.05) is 30.3 Å². The minimum absolute atomic E-state index is 0.164. The van der Waals surface area contributed by atoms with Gasteiger partial charge in [0.05, 0.1) is 22.2 Å². The molecule has 0 amide bonds. The molecule has 0 heterocycles. The van der Waals surface area contributed by atoms with Gasteiger partial charge in [0.2, 0.25) is 0 Å². The molecule has 8 heteroatoms. The highest BCUT2D eigenvalue weighted by atomic mass is 79.9. The van der Waals surface area contributed by atoms with Crippen molar-refractivity contribution in [1.82, 2.24) is 0 Å². The predicted octanol–water partition coefficient (Wildman–Crippen LogP) is 7.12. The Morgan fingerprint density at radius 1 is 1.00 bits per heavy atom. The standard InChI is InChI=1S/C19H23Br2O5P/c1-12(2)15-10-14(6-7-18(15)23-3)26-19-16(20)8-13(9-17(19)21)11-27(22,24-4)25-5/h6-10,12H,11H2,1-5H3. The molecule has 2 aromatic carbocycles. The fourth-order valence-corrected chi connectivity index (χ4v) is 5.05. The van der Waals surface area contributed by atoms with E-state index in [1.165, 1.54) is 14.2 Å². The van der Waals surface area contributed by atoms with Crippen molar-refractivity contribution in [3.63, 3.8) is 0 Å². The molecule has 0 radical (unpaired) electrons. The number of rotatable bonds is 8. The summed E-state index contributed by atoms with van der Waals surface area (Å²) in [6.45, 7) is 4.21. The molecular formula is C19H23Br2O5P. The van der Waals surface area contributed by atoms with Crippen LogP contribution in [0.1, 0.15) is 30.9 Å². The van der Waals surface area contributed by atoms with Gasteiger partial charge in [0.25, 0.3) is 0 Å².